The minimum absolute atomic E-state index is 0.0156. The molecule has 0 aliphatic carbocycles. The van der Waals surface area contributed by atoms with Gasteiger partial charge in [-0.2, -0.15) is 4.31 Å². The first-order valence-electron chi connectivity index (χ1n) is 13.0. The number of nitrogens with zero attached hydrogens (tertiary/aromatic N) is 2. The van der Waals surface area contributed by atoms with Crippen LogP contribution in [0.4, 0.5) is 0 Å². The van der Waals surface area contributed by atoms with Crippen LogP contribution in [0.15, 0.2) is 83.8 Å². The van der Waals surface area contributed by atoms with Crippen molar-refractivity contribution in [2.45, 2.75) is 50.2 Å². The zero-order valence-electron chi connectivity index (χ0n) is 23.2. The van der Waals surface area contributed by atoms with Crippen LogP contribution in [0.2, 0.25) is 5.02 Å². The lowest BCUT2D eigenvalue weighted by atomic mass is 10.0. The molecule has 0 bridgehead atoms. The molecule has 3 aromatic carbocycles. The maximum atomic E-state index is 13.9. The fraction of sp³-hybridized carbons (Fsp3) is 0.333. The Balaban J connectivity index is 1.99. The predicted octanol–water partition coefficient (Wildman–Crippen LogP) is 4.52. The molecule has 3 rings (SSSR count). The first kappa shape index (κ1) is 31.1. The second kappa shape index (κ2) is 14.3. The topological polar surface area (TPSA) is 96.0 Å². The van der Waals surface area contributed by atoms with Crippen LogP contribution in [0.1, 0.15) is 31.4 Å². The van der Waals surface area contributed by atoms with Crippen LogP contribution in [-0.4, -0.2) is 62.2 Å². The average molecular weight is 586 g/mol. The van der Waals surface area contributed by atoms with Crippen LogP contribution in [0.5, 0.6) is 5.75 Å². The molecule has 0 radical (unpaired) electrons. The summed E-state index contributed by atoms with van der Waals surface area (Å²) in [6.45, 7) is 3.48. The maximum absolute atomic E-state index is 13.9. The number of benzene rings is 3. The van der Waals surface area contributed by atoms with E-state index in [9.17, 15) is 18.0 Å². The SMILES string of the molecule is CC[C@H](C)NC(=O)[C@H](Cc1ccccc1)N(Cc1cccc(OC)c1)C(=O)CN(C)S(=O)(=O)c1ccc(Cl)cc1. The van der Waals surface area contributed by atoms with Gasteiger partial charge in [0.1, 0.15) is 11.8 Å². The van der Waals surface area contributed by atoms with Crippen LogP contribution in [0.25, 0.3) is 0 Å². The van der Waals surface area contributed by atoms with Crippen LogP contribution >= 0.6 is 11.6 Å². The Bertz CT molecular complexity index is 1380. The van der Waals surface area contributed by atoms with E-state index in [2.05, 4.69) is 5.32 Å². The molecular weight excluding hydrogens is 550 g/mol. The van der Waals surface area contributed by atoms with Gasteiger partial charge in [0.05, 0.1) is 18.6 Å². The highest BCUT2D eigenvalue weighted by molar-refractivity contribution is 7.89. The Morgan fingerprint density at radius 1 is 0.975 bits per heavy atom. The van der Waals surface area contributed by atoms with Crippen molar-refractivity contribution in [2.24, 2.45) is 0 Å². The van der Waals surface area contributed by atoms with E-state index in [-0.39, 0.29) is 29.8 Å². The number of nitrogens with one attached hydrogen (secondary N) is 1. The highest BCUT2D eigenvalue weighted by atomic mass is 35.5. The Morgan fingerprint density at radius 2 is 1.62 bits per heavy atom. The number of carbonyl (C=O) groups is 2. The Hall–Kier alpha value is -3.40. The summed E-state index contributed by atoms with van der Waals surface area (Å²) < 4.78 is 32.8. The molecule has 0 saturated carbocycles. The number of hydrogen-bond donors (Lipinski definition) is 1. The van der Waals surface area contributed by atoms with Gasteiger partial charge >= 0.3 is 0 Å². The maximum Gasteiger partial charge on any atom is 0.243 e. The number of ether oxygens (including phenoxy) is 1. The number of likely N-dealkylation sites (N-methyl/N-ethyl adjacent to an activating group) is 1. The first-order valence-corrected chi connectivity index (χ1v) is 14.9. The minimum atomic E-state index is -3.99. The van der Waals surface area contributed by atoms with E-state index in [1.165, 1.54) is 36.2 Å². The zero-order valence-corrected chi connectivity index (χ0v) is 24.8. The molecule has 40 heavy (non-hydrogen) atoms. The normalized spacial score (nSPS) is 12.9. The first-order chi connectivity index (χ1) is 19.0. The van der Waals surface area contributed by atoms with E-state index < -0.39 is 28.5 Å². The van der Waals surface area contributed by atoms with Gasteiger partial charge in [0.25, 0.3) is 0 Å². The molecule has 0 fully saturated rings. The van der Waals surface area contributed by atoms with Gasteiger partial charge in [-0.3, -0.25) is 9.59 Å². The van der Waals surface area contributed by atoms with Crippen LogP contribution in [0.3, 0.4) is 0 Å². The van der Waals surface area contributed by atoms with Gasteiger partial charge in [-0.15, -0.1) is 0 Å². The number of sulfonamides is 1. The number of hydrogen-bond acceptors (Lipinski definition) is 5. The second-order valence-corrected chi connectivity index (χ2v) is 12.1. The van der Waals surface area contributed by atoms with Crippen LogP contribution in [-0.2, 0) is 32.6 Å². The van der Waals surface area contributed by atoms with Crippen molar-refractivity contribution in [1.29, 1.82) is 0 Å². The predicted molar refractivity (Wildman–Crippen MR) is 157 cm³/mol. The van der Waals surface area contributed by atoms with Gasteiger partial charge in [0.2, 0.25) is 21.8 Å². The number of rotatable bonds is 13. The molecule has 0 spiro atoms. The van der Waals surface area contributed by atoms with Crippen molar-refractivity contribution >= 4 is 33.4 Å². The molecule has 0 saturated heterocycles. The van der Waals surface area contributed by atoms with Crippen molar-refractivity contribution in [2.75, 3.05) is 20.7 Å². The molecule has 0 unspecified atom stereocenters. The van der Waals surface area contributed by atoms with Crippen LogP contribution in [0, 0.1) is 0 Å². The smallest absolute Gasteiger partial charge is 0.243 e. The molecule has 0 aliphatic rings. The molecule has 214 valence electrons. The molecule has 2 amide bonds. The minimum Gasteiger partial charge on any atom is -0.497 e. The van der Waals surface area contributed by atoms with E-state index >= 15 is 0 Å². The number of methoxy groups -OCH3 is 1. The summed E-state index contributed by atoms with van der Waals surface area (Å²) >= 11 is 5.93. The lowest BCUT2D eigenvalue weighted by Crippen LogP contribution is -2.54. The summed E-state index contributed by atoms with van der Waals surface area (Å²) in [6.07, 6.45) is 0.974. The molecule has 8 nitrogen and oxygen atoms in total. The Kier molecular flexibility index (Phi) is 11.1. The summed E-state index contributed by atoms with van der Waals surface area (Å²) in [4.78, 5) is 29.0. The summed E-state index contributed by atoms with van der Waals surface area (Å²) in [5, 5.41) is 3.41. The molecular formula is C30H36ClN3O5S. The van der Waals surface area contributed by atoms with Crippen molar-refractivity contribution in [3.63, 3.8) is 0 Å². The molecule has 0 aromatic heterocycles. The van der Waals surface area contributed by atoms with E-state index in [1.807, 2.05) is 50.2 Å². The lowest BCUT2D eigenvalue weighted by Gasteiger charge is -2.33. The highest BCUT2D eigenvalue weighted by Crippen LogP contribution is 2.21. The van der Waals surface area contributed by atoms with Gasteiger partial charge in [-0.05, 0) is 60.9 Å². The van der Waals surface area contributed by atoms with Gasteiger partial charge in [-0.1, -0.05) is 61.0 Å². The largest absolute Gasteiger partial charge is 0.497 e. The van der Waals surface area contributed by atoms with Crippen molar-refractivity contribution in [3.8, 4) is 5.75 Å². The van der Waals surface area contributed by atoms with Crippen LogP contribution < -0.4 is 10.1 Å². The zero-order chi connectivity index (χ0) is 29.3. The van der Waals surface area contributed by atoms with Gasteiger partial charge in [-0.25, -0.2) is 8.42 Å². The Labute approximate surface area is 241 Å². The Morgan fingerprint density at radius 3 is 2.25 bits per heavy atom. The summed E-state index contributed by atoms with van der Waals surface area (Å²) in [5.74, 6) is -0.211. The molecule has 0 aliphatic heterocycles. The van der Waals surface area contributed by atoms with E-state index in [4.69, 9.17) is 16.3 Å². The molecule has 3 aromatic rings. The third-order valence-corrected chi connectivity index (χ3v) is 8.71. The van der Waals surface area contributed by atoms with Gasteiger partial charge in [0.15, 0.2) is 0 Å². The third kappa shape index (κ3) is 8.30. The van der Waals surface area contributed by atoms with Gasteiger partial charge in [0, 0.05) is 31.1 Å². The summed E-state index contributed by atoms with van der Waals surface area (Å²) in [6, 6.07) is 21.4. The highest BCUT2D eigenvalue weighted by Gasteiger charge is 2.33. The van der Waals surface area contributed by atoms with Crippen molar-refractivity contribution in [1.82, 2.24) is 14.5 Å². The quantitative estimate of drug-likeness (QED) is 0.318. The monoisotopic (exact) mass is 585 g/mol. The van der Waals surface area contributed by atoms with Crippen molar-refractivity contribution < 1.29 is 22.7 Å². The fourth-order valence-electron chi connectivity index (χ4n) is 4.12. The molecule has 2 atom stereocenters. The van der Waals surface area contributed by atoms with Gasteiger partial charge < -0.3 is 15.0 Å². The molecule has 0 heterocycles. The van der Waals surface area contributed by atoms with E-state index in [0.717, 1.165) is 21.9 Å². The molecule has 1 N–H and O–H groups in total. The summed E-state index contributed by atoms with van der Waals surface area (Å²) in [5.41, 5.74) is 1.61. The average Bonchev–Trinajstić information content (AvgIpc) is 2.95. The summed E-state index contributed by atoms with van der Waals surface area (Å²) in [7, 11) is -1.09. The van der Waals surface area contributed by atoms with E-state index in [1.54, 1.807) is 25.3 Å². The van der Waals surface area contributed by atoms with Crippen molar-refractivity contribution in [3.05, 3.63) is 95.0 Å². The lowest BCUT2D eigenvalue weighted by molar-refractivity contribution is -0.141. The van der Waals surface area contributed by atoms with E-state index in [0.29, 0.717) is 10.8 Å². The molecule has 10 heteroatoms. The fourth-order valence-corrected chi connectivity index (χ4v) is 5.36. The third-order valence-electron chi connectivity index (χ3n) is 6.64. The second-order valence-electron chi connectivity index (χ2n) is 9.61. The standard InChI is InChI=1S/C30H36ClN3O5S/c1-5-22(2)32-30(36)28(19-23-10-7-6-8-11-23)34(20-24-12-9-13-26(18-24)39-4)29(35)21-33(3)40(37,38)27-16-14-25(31)15-17-27/h6-18,22,28H,5,19-21H2,1-4H3,(H,32,36)/t22-,28-/m0/s1. The number of carbonyl (C=O) groups excluding carboxylic acids is 2. The number of amides is 2. The number of halogens is 1.